The van der Waals surface area contributed by atoms with E-state index < -0.39 is 0 Å². The molecule has 114 valence electrons. The van der Waals surface area contributed by atoms with Crippen LogP contribution in [0.1, 0.15) is 45.1 Å². The van der Waals surface area contributed by atoms with Gasteiger partial charge < -0.3 is 4.74 Å². The van der Waals surface area contributed by atoms with E-state index in [2.05, 4.69) is 45.0 Å². The smallest absolute Gasteiger partial charge is 0.127 e. The fourth-order valence-electron chi connectivity index (χ4n) is 3.36. The van der Waals surface area contributed by atoms with Crippen LogP contribution in [0.5, 0.6) is 11.5 Å². The van der Waals surface area contributed by atoms with Crippen LogP contribution in [-0.4, -0.2) is 0 Å². The number of para-hydroxylation sites is 1. The maximum Gasteiger partial charge on any atom is 0.127 e. The Morgan fingerprint density at radius 3 is 2.05 bits per heavy atom. The second-order valence-electron chi connectivity index (χ2n) is 6.54. The Hall–Kier alpha value is -2.02. The maximum absolute atomic E-state index is 5.88. The molecule has 0 heterocycles. The summed E-state index contributed by atoms with van der Waals surface area (Å²) >= 11 is 0. The molecule has 2 aromatic rings. The molecule has 0 unspecified atom stereocenters. The van der Waals surface area contributed by atoms with E-state index in [0.717, 1.165) is 11.5 Å². The van der Waals surface area contributed by atoms with Gasteiger partial charge in [0.2, 0.25) is 0 Å². The number of allylic oxidation sites excluding steroid dienone is 2. The summed E-state index contributed by atoms with van der Waals surface area (Å²) in [5, 5.41) is 0. The van der Waals surface area contributed by atoms with Crippen molar-refractivity contribution in [2.45, 2.75) is 39.5 Å². The predicted molar refractivity (Wildman–Crippen MR) is 92.5 cm³/mol. The molecule has 22 heavy (non-hydrogen) atoms. The molecule has 1 heteroatoms. The van der Waals surface area contributed by atoms with Gasteiger partial charge in [-0.3, -0.25) is 0 Å². The lowest BCUT2D eigenvalue weighted by molar-refractivity contribution is 0.423. The Bertz CT molecular complexity index is 652. The van der Waals surface area contributed by atoms with E-state index in [4.69, 9.17) is 4.74 Å². The summed E-state index contributed by atoms with van der Waals surface area (Å²) in [5.41, 5.74) is 4.57. The summed E-state index contributed by atoms with van der Waals surface area (Å²) in [4.78, 5) is 0. The standard InChI is InChI=1S/C21H24O/c1-15-13-17(3)21(14-16(15)2)18-9-11-20(12-10-18)22-19-7-5-4-6-8-19/h4-12,17,21H,13-14H2,1-3H3/t17-,21-/m0/s1. The molecule has 0 spiro atoms. The average Bonchev–Trinajstić information content (AvgIpc) is 2.53. The van der Waals surface area contributed by atoms with Gasteiger partial charge in [0.15, 0.2) is 0 Å². The average molecular weight is 292 g/mol. The Morgan fingerprint density at radius 2 is 1.36 bits per heavy atom. The molecule has 0 aliphatic heterocycles. The van der Waals surface area contributed by atoms with Crippen molar-refractivity contribution in [2.75, 3.05) is 0 Å². The van der Waals surface area contributed by atoms with E-state index in [9.17, 15) is 0 Å². The van der Waals surface area contributed by atoms with E-state index in [-0.39, 0.29) is 0 Å². The number of hydrogen-bond acceptors (Lipinski definition) is 1. The van der Waals surface area contributed by atoms with E-state index in [1.807, 2.05) is 30.3 Å². The van der Waals surface area contributed by atoms with Crippen molar-refractivity contribution in [1.82, 2.24) is 0 Å². The summed E-state index contributed by atoms with van der Waals surface area (Å²) in [5.74, 6) is 3.14. The first-order valence-electron chi connectivity index (χ1n) is 8.11. The molecule has 2 aromatic carbocycles. The molecule has 2 atom stereocenters. The van der Waals surface area contributed by atoms with Crippen molar-refractivity contribution in [3.8, 4) is 11.5 Å². The van der Waals surface area contributed by atoms with Crippen LogP contribution in [0.4, 0.5) is 0 Å². The first kappa shape index (κ1) is 14.9. The predicted octanol–water partition coefficient (Wildman–Crippen LogP) is 6.33. The Kier molecular flexibility index (Phi) is 4.33. The van der Waals surface area contributed by atoms with Crippen molar-refractivity contribution in [3.63, 3.8) is 0 Å². The van der Waals surface area contributed by atoms with Crippen LogP contribution < -0.4 is 4.74 Å². The zero-order valence-corrected chi connectivity index (χ0v) is 13.7. The Balaban J connectivity index is 1.74. The fourth-order valence-corrected chi connectivity index (χ4v) is 3.36. The second kappa shape index (κ2) is 6.39. The minimum absolute atomic E-state index is 0.634. The molecule has 1 aliphatic rings. The van der Waals surface area contributed by atoms with Gasteiger partial charge in [0.25, 0.3) is 0 Å². The molecule has 0 saturated carbocycles. The van der Waals surface area contributed by atoms with Crippen LogP contribution in [0.3, 0.4) is 0 Å². The van der Waals surface area contributed by atoms with Crippen LogP contribution in [-0.2, 0) is 0 Å². The summed E-state index contributed by atoms with van der Waals surface area (Å²) in [7, 11) is 0. The van der Waals surface area contributed by atoms with Crippen molar-refractivity contribution in [2.24, 2.45) is 5.92 Å². The zero-order valence-electron chi connectivity index (χ0n) is 13.7. The van der Waals surface area contributed by atoms with Crippen LogP contribution in [0.2, 0.25) is 0 Å². The van der Waals surface area contributed by atoms with Gasteiger partial charge in [-0.25, -0.2) is 0 Å². The first-order valence-corrected chi connectivity index (χ1v) is 8.11. The third-order valence-corrected chi connectivity index (χ3v) is 4.86. The molecular formula is C21H24O. The van der Waals surface area contributed by atoms with Crippen LogP contribution in [0, 0.1) is 5.92 Å². The molecule has 0 amide bonds. The first-order chi connectivity index (χ1) is 10.6. The number of hydrogen-bond donors (Lipinski definition) is 0. The molecule has 1 aliphatic carbocycles. The fraction of sp³-hybridized carbons (Fsp3) is 0.333. The minimum Gasteiger partial charge on any atom is -0.457 e. The summed E-state index contributed by atoms with van der Waals surface area (Å²) < 4.78 is 5.88. The highest BCUT2D eigenvalue weighted by Crippen LogP contribution is 2.40. The molecule has 3 rings (SSSR count). The zero-order chi connectivity index (χ0) is 15.5. The quantitative estimate of drug-likeness (QED) is 0.601. The van der Waals surface area contributed by atoms with Crippen LogP contribution in [0.15, 0.2) is 65.7 Å². The van der Waals surface area contributed by atoms with Gasteiger partial charge in [0.05, 0.1) is 0 Å². The van der Waals surface area contributed by atoms with Crippen molar-refractivity contribution >= 4 is 0 Å². The number of ether oxygens (including phenoxy) is 1. The Labute approximate surface area is 133 Å². The van der Waals surface area contributed by atoms with Gasteiger partial charge in [-0.15, -0.1) is 0 Å². The van der Waals surface area contributed by atoms with E-state index in [1.165, 1.54) is 18.4 Å². The second-order valence-corrected chi connectivity index (χ2v) is 6.54. The molecule has 0 N–H and O–H groups in total. The lowest BCUT2D eigenvalue weighted by Crippen LogP contribution is -2.16. The molecular weight excluding hydrogens is 268 g/mol. The molecule has 0 fully saturated rings. The normalized spacial score (nSPS) is 21.8. The number of rotatable bonds is 3. The highest BCUT2D eigenvalue weighted by molar-refractivity contribution is 5.35. The monoisotopic (exact) mass is 292 g/mol. The number of benzene rings is 2. The molecule has 0 bridgehead atoms. The third-order valence-electron chi connectivity index (χ3n) is 4.86. The van der Waals surface area contributed by atoms with Crippen molar-refractivity contribution in [3.05, 3.63) is 71.3 Å². The molecule has 0 saturated heterocycles. The summed E-state index contributed by atoms with van der Waals surface area (Å²) in [6.07, 6.45) is 2.41. The van der Waals surface area contributed by atoms with Gasteiger partial charge in [0.1, 0.15) is 11.5 Å². The highest BCUT2D eigenvalue weighted by Gasteiger charge is 2.25. The Morgan fingerprint density at radius 1 is 0.773 bits per heavy atom. The minimum atomic E-state index is 0.634. The summed E-state index contributed by atoms with van der Waals surface area (Å²) in [6, 6.07) is 18.6. The molecule has 0 radical (unpaired) electrons. The maximum atomic E-state index is 5.88. The third kappa shape index (κ3) is 3.24. The molecule has 1 nitrogen and oxygen atoms in total. The van der Waals surface area contributed by atoms with Gasteiger partial charge in [-0.1, -0.05) is 48.4 Å². The van der Waals surface area contributed by atoms with E-state index in [1.54, 1.807) is 11.1 Å². The van der Waals surface area contributed by atoms with E-state index >= 15 is 0 Å². The van der Waals surface area contributed by atoms with Crippen molar-refractivity contribution in [1.29, 1.82) is 0 Å². The lowest BCUT2D eigenvalue weighted by Gasteiger charge is -2.31. The van der Waals surface area contributed by atoms with Gasteiger partial charge in [-0.2, -0.15) is 0 Å². The largest absolute Gasteiger partial charge is 0.457 e. The van der Waals surface area contributed by atoms with Gasteiger partial charge in [-0.05, 0) is 68.4 Å². The van der Waals surface area contributed by atoms with Gasteiger partial charge >= 0.3 is 0 Å². The van der Waals surface area contributed by atoms with E-state index in [0.29, 0.717) is 11.8 Å². The highest BCUT2D eigenvalue weighted by atomic mass is 16.5. The topological polar surface area (TPSA) is 9.23 Å². The van der Waals surface area contributed by atoms with Gasteiger partial charge in [0, 0.05) is 0 Å². The van der Waals surface area contributed by atoms with Crippen LogP contribution in [0.25, 0.3) is 0 Å². The van der Waals surface area contributed by atoms with Crippen molar-refractivity contribution < 1.29 is 4.74 Å². The molecule has 0 aromatic heterocycles. The lowest BCUT2D eigenvalue weighted by atomic mass is 9.74. The summed E-state index contributed by atoms with van der Waals surface area (Å²) in [6.45, 7) is 6.93. The SMILES string of the molecule is CC1=C(C)C[C@H](C)[C@@H](c2ccc(Oc3ccccc3)cc2)C1. The van der Waals surface area contributed by atoms with Crippen LogP contribution >= 0.6 is 0 Å².